The molecule has 4 aromatic carbocycles. The number of hydrogen-bond acceptors (Lipinski definition) is 8. The van der Waals surface area contributed by atoms with Gasteiger partial charge in [-0.3, -0.25) is 14.4 Å². The highest BCUT2D eigenvalue weighted by molar-refractivity contribution is 8.00. The first-order chi connectivity index (χ1) is 22.9. The average molecular weight is 661 g/mol. The van der Waals surface area contributed by atoms with Crippen LogP contribution in [0.25, 0.3) is 16.3 Å². The van der Waals surface area contributed by atoms with Crippen molar-refractivity contribution in [3.8, 4) is 5.75 Å². The molecule has 47 heavy (non-hydrogen) atoms. The number of hydrogen-bond donors (Lipinski definition) is 3. The molecule has 0 aliphatic carbocycles. The van der Waals surface area contributed by atoms with Crippen LogP contribution in [0, 0.1) is 0 Å². The van der Waals surface area contributed by atoms with Gasteiger partial charge in [-0.05, 0) is 72.3 Å². The summed E-state index contributed by atoms with van der Waals surface area (Å²) >= 11 is 2.75. The maximum absolute atomic E-state index is 13.6. The van der Waals surface area contributed by atoms with E-state index in [0.717, 1.165) is 26.4 Å². The van der Waals surface area contributed by atoms with Crippen molar-refractivity contribution in [1.82, 2.24) is 10.3 Å². The zero-order valence-electron chi connectivity index (χ0n) is 25.0. The van der Waals surface area contributed by atoms with Gasteiger partial charge >= 0.3 is 0 Å². The minimum atomic E-state index is -0.575. The van der Waals surface area contributed by atoms with Gasteiger partial charge in [-0.2, -0.15) is 0 Å². The third-order valence-electron chi connectivity index (χ3n) is 6.89. The summed E-state index contributed by atoms with van der Waals surface area (Å²) in [5, 5.41) is 8.42. The molecule has 0 aliphatic heterocycles. The quantitative estimate of drug-likeness (QED) is 0.0958. The summed E-state index contributed by atoms with van der Waals surface area (Å²) in [5.41, 5.74) is 2.53. The van der Waals surface area contributed by atoms with Gasteiger partial charge in [0.25, 0.3) is 11.8 Å². The molecule has 0 fully saturated rings. The summed E-state index contributed by atoms with van der Waals surface area (Å²) in [7, 11) is 1.61. The fraction of sp³-hybridized carbons (Fsp3) is 0.0556. The molecule has 6 aromatic rings. The van der Waals surface area contributed by atoms with Crippen LogP contribution in [-0.2, 0) is 9.59 Å². The SMILES string of the molecule is COc1ccc2nc(NC(=O)C(Sc3ccc(NC(=O)/C(=C/c4ccco4)NC(=O)c4ccccc4)cc3)c3ccccc3)sc2c1. The molecule has 9 nitrogen and oxygen atoms in total. The van der Waals surface area contributed by atoms with Crippen LogP contribution in [-0.4, -0.2) is 29.8 Å². The average Bonchev–Trinajstić information content (AvgIpc) is 3.77. The summed E-state index contributed by atoms with van der Waals surface area (Å²) in [6.45, 7) is 0. The number of carbonyl (C=O) groups excluding carboxylic acids is 3. The number of fused-ring (bicyclic) bond motifs is 1. The fourth-order valence-electron chi connectivity index (χ4n) is 4.57. The van der Waals surface area contributed by atoms with Gasteiger partial charge in [-0.1, -0.05) is 59.9 Å². The van der Waals surface area contributed by atoms with Crippen molar-refractivity contribution >= 4 is 67.9 Å². The first-order valence-electron chi connectivity index (χ1n) is 14.5. The predicted molar refractivity (Wildman–Crippen MR) is 186 cm³/mol. The lowest BCUT2D eigenvalue weighted by atomic mass is 10.1. The van der Waals surface area contributed by atoms with Gasteiger partial charge in [-0.15, -0.1) is 11.8 Å². The second-order valence-electron chi connectivity index (χ2n) is 10.1. The topological polar surface area (TPSA) is 123 Å². The number of ether oxygens (including phenoxy) is 1. The number of nitrogens with one attached hydrogen (secondary N) is 3. The Balaban J connectivity index is 1.17. The second-order valence-corrected chi connectivity index (χ2v) is 12.3. The Bertz CT molecular complexity index is 2030. The molecule has 1 unspecified atom stereocenters. The molecule has 11 heteroatoms. The number of benzene rings is 4. The molecule has 1 atom stereocenters. The highest BCUT2D eigenvalue weighted by Crippen LogP contribution is 2.38. The van der Waals surface area contributed by atoms with Crippen molar-refractivity contribution in [2.75, 3.05) is 17.7 Å². The van der Waals surface area contributed by atoms with Gasteiger partial charge < -0.3 is 25.1 Å². The van der Waals surface area contributed by atoms with Crippen LogP contribution in [0.3, 0.4) is 0 Å². The van der Waals surface area contributed by atoms with E-state index in [4.69, 9.17) is 9.15 Å². The van der Waals surface area contributed by atoms with E-state index >= 15 is 0 Å². The molecule has 3 amide bonds. The van der Waals surface area contributed by atoms with Crippen LogP contribution in [0.15, 0.2) is 137 Å². The lowest BCUT2D eigenvalue weighted by Gasteiger charge is -2.16. The molecule has 6 rings (SSSR count). The summed E-state index contributed by atoms with van der Waals surface area (Å²) in [4.78, 5) is 45.2. The van der Waals surface area contributed by atoms with E-state index in [2.05, 4.69) is 20.9 Å². The molecular weight excluding hydrogens is 633 g/mol. The first-order valence-corrected chi connectivity index (χ1v) is 16.1. The monoisotopic (exact) mass is 660 g/mol. The van der Waals surface area contributed by atoms with E-state index in [1.807, 2.05) is 60.7 Å². The molecule has 0 bridgehead atoms. The number of amides is 3. The molecule has 0 radical (unpaired) electrons. The fourth-order valence-corrected chi connectivity index (χ4v) is 6.49. The number of carbonyl (C=O) groups is 3. The number of methoxy groups -OCH3 is 1. The Morgan fingerprint density at radius 3 is 2.32 bits per heavy atom. The molecule has 2 aromatic heterocycles. The number of nitrogens with zero attached hydrogens (tertiary/aromatic N) is 1. The maximum atomic E-state index is 13.6. The lowest BCUT2D eigenvalue weighted by Crippen LogP contribution is -2.30. The smallest absolute Gasteiger partial charge is 0.272 e. The van der Waals surface area contributed by atoms with Gasteiger partial charge in [0.15, 0.2) is 5.13 Å². The van der Waals surface area contributed by atoms with Crippen molar-refractivity contribution in [2.24, 2.45) is 0 Å². The molecule has 234 valence electrons. The van der Waals surface area contributed by atoms with Gasteiger partial charge in [0.05, 0.1) is 23.6 Å². The largest absolute Gasteiger partial charge is 0.497 e. The zero-order chi connectivity index (χ0) is 32.6. The van der Waals surface area contributed by atoms with Gasteiger partial charge in [0.1, 0.15) is 22.5 Å². The van der Waals surface area contributed by atoms with Crippen molar-refractivity contribution in [3.05, 3.63) is 144 Å². The van der Waals surface area contributed by atoms with Crippen LogP contribution in [0.4, 0.5) is 10.8 Å². The van der Waals surface area contributed by atoms with E-state index in [1.54, 1.807) is 61.7 Å². The summed E-state index contributed by atoms with van der Waals surface area (Å²) in [6, 6.07) is 34.2. The Morgan fingerprint density at radius 2 is 1.62 bits per heavy atom. The Hall–Kier alpha value is -5.65. The van der Waals surface area contributed by atoms with Crippen molar-refractivity contribution in [2.45, 2.75) is 10.1 Å². The number of thioether (sulfide) groups is 1. The maximum Gasteiger partial charge on any atom is 0.272 e. The number of aromatic nitrogens is 1. The Kier molecular flexibility index (Phi) is 9.75. The normalized spacial score (nSPS) is 11.9. The van der Waals surface area contributed by atoms with Crippen LogP contribution < -0.4 is 20.7 Å². The third-order valence-corrected chi connectivity index (χ3v) is 9.09. The van der Waals surface area contributed by atoms with E-state index in [9.17, 15) is 14.4 Å². The number of thiazole rings is 1. The Labute approximate surface area is 278 Å². The van der Waals surface area contributed by atoms with Gasteiger partial charge in [-0.25, -0.2) is 4.98 Å². The van der Waals surface area contributed by atoms with E-state index < -0.39 is 17.1 Å². The molecule has 0 saturated carbocycles. The summed E-state index contributed by atoms with van der Waals surface area (Å²) < 4.78 is 11.6. The number of rotatable bonds is 11. The summed E-state index contributed by atoms with van der Waals surface area (Å²) in [5.74, 6) is -0.0437. The van der Waals surface area contributed by atoms with Crippen LogP contribution in [0.5, 0.6) is 5.75 Å². The molecule has 2 heterocycles. The van der Waals surface area contributed by atoms with Crippen molar-refractivity contribution in [1.29, 1.82) is 0 Å². The van der Waals surface area contributed by atoms with Crippen LogP contribution >= 0.6 is 23.1 Å². The number of furan rings is 1. The summed E-state index contributed by atoms with van der Waals surface area (Å²) in [6.07, 6.45) is 2.95. The minimum Gasteiger partial charge on any atom is -0.497 e. The van der Waals surface area contributed by atoms with Crippen LogP contribution in [0.1, 0.15) is 26.9 Å². The van der Waals surface area contributed by atoms with Crippen LogP contribution in [0.2, 0.25) is 0 Å². The first kappa shape index (κ1) is 31.3. The second kappa shape index (κ2) is 14.6. The highest BCUT2D eigenvalue weighted by Gasteiger charge is 2.24. The van der Waals surface area contributed by atoms with E-state index in [1.165, 1.54) is 35.4 Å². The van der Waals surface area contributed by atoms with Gasteiger partial charge in [0.2, 0.25) is 5.91 Å². The Morgan fingerprint density at radius 1 is 0.872 bits per heavy atom. The molecule has 0 aliphatic rings. The van der Waals surface area contributed by atoms with Crippen molar-refractivity contribution < 1.29 is 23.5 Å². The molecule has 0 saturated heterocycles. The zero-order valence-corrected chi connectivity index (χ0v) is 26.6. The predicted octanol–water partition coefficient (Wildman–Crippen LogP) is 7.78. The molecular formula is C36H28N4O5S2. The minimum absolute atomic E-state index is 0.0151. The standard InChI is InChI=1S/C36H28N4O5S2/c1-44-26-16-19-29-31(22-26)47-36(39-29)40-35(43)32(23-9-4-2-5-10-23)46-28-17-14-25(15-18-28)37-34(42)30(21-27-13-8-20-45-27)38-33(41)24-11-6-3-7-12-24/h2-22,32H,1H3,(H,37,42)(H,38,41)(H,39,40,43)/b30-21-. The third kappa shape index (κ3) is 7.96. The molecule has 0 spiro atoms. The van der Waals surface area contributed by atoms with Gasteiger partial charge in [0, 0.05) is 22.2 Å². The van der Waals surface area contributed by atoms with E-state index in [0.29, 0.717) is 22.1 Å². The molecule has 3 N–H and O–H groups in total. The van der Waals surface area contributed by atoms with Crippen molar-refractivity contribution in [3.63, 3.8) is 0 Å². The number of anilines is 2. The van der Waals surface area contributed by atoms with E-state index in [-0.39, 0.29) is 11.6 Å². The lowest BCUT2D eigenvalue weighted by molar-refractivity contribution is -0.116. The highest BCUT2D eigenvalue weighted by atomic mass is 32.2.